The van der Waals surface area contributed by atoms with Crippen molar-refractivity contribution in [3.63, 3.8) is 0 Å². The lowest BCUT2D eigenvalue weighted by molar-refractivity contribution is -0.143. The quantitative estimate of drug-likeness (QED) is 0.0530. The molecule has 2 saturated heterocycles. The van der Waals surface area contributed by atoms with Gasteiger partial charge in [0.1, 0.15) is 48.3 Å². The standard InChI is InChI=1S/C55H83N9O10S/c1-9-35(8)46(63-52(70)45-23-17-25-64(45)54(72)42(27-33(4)5)60-48(66)39(26-32(2)3)57-47(65)38-22-16-24-56-38)53(71)59-41(30-37-20-14-11-15-21-37)49(67)58-40(29-36-18-12-10-13-19-36)50(68)62-44(31-75)51(69)61-43(55(73)74)28-34(6)7/h10-15,18-21,32-35,38-46,56,75H,9,16-17,22-31H2,1-8H3,(H,57,65)(H,58,67)(H,59,71)(H,60,66)(H,61,69)(H,62,68)(H,63,70)(H,73,74)/t35-,38-,39-,40-,41-,42-,43-,44-,45-,46-/m0/s1. The summed E-state index contributed by atoms with van der Waals surface area (Å²) in [5.41, 5.74) is 1.35. The van der Waals surface area contributed by atoms with Crippen molar-refractivity contribution in [2.24, 2.45) is 23.7 Å². The number of nitrogens with zero attached hydrogens (tertiary/aromatic N) is 1. The zero-order valence-electron chi connectivity index (χ0n) is 45.0. The van der Waals surface area contributed by atoms with Crippen LogP contribution in [0.2, 0.25) is 0 Å². The number of hydrogen-bond acceptors (Lipinski definition) is 11. The minimum absolute atomic E-state index is 0.0135. The molecular formula is C55H83N9O10S. The highest BCUT2D eigenvalue weighted by Gasteiger charge is 2.41. The van der Waals surface area contributed by atoms with Gasteiger partial charge in [0.15, 0.2) is 0 Å². The van der Waals surface area contributed by atoms with E-state index in [1.165, 1.54) is 4.90 Å². The van der Waals surface area contributed by atoms with Gasteiger partial charge in [-0.1, -0.05) is 122 Å². The number of rotatable bonds is 29. The van der Waals surface area contributed by atoms with Crippen molar-refractivity contribution in [1.82, 2.24) is 47.4 Å². The molecule has 10 atom stereocenters. The third-order valence-corrected chi connectivity index (χ3v) is 14.0. The molecule has 2 heterocycles. The molecule has 75 heavy (non-hydrogen) atoms. The van der Waals surface area contributed by atoms with Gasteiger partial charge in [-0.2, -0.15) is 12.6 Å². The van der Waals surface area contributed by atoms with Gasteiger partial charge in [-0.25, -0.2) is 4.79 Å². The lowest BCUT2D eigenvalue weighted by Crippen LogP contribution is -2.61. The maximum atomic E-state index is 14.6. The number of carboxylic acids is 1. The van der Waals surface area contributed by atoms with Gasteiger partial charge in [-0.3, -0.25) is 38.4 Å². The molecule has 0 spiro atoms. The molecule has 19 nitrogen and oxygen atoms in total. The topological polar surface area (TPSA) is 273 Å². The van der Waals surface area contributed by atoms with E-state index in [0.29, 0.717) is 49.8 Å². The number of thiol groups is 1. The molecule has 0 radical (unpaired) electrons. The van der Waals surface area contributed by atoms with Gasteiger partial charge in [0.2, 0.25) is 47.3 Å². The lowest BCUT2D eigenvalue weighted by Gasteiger charge is -2.32. The average molecular weight is 1060 g/mol. The molecular weight excluding hydrogens is 979 g/mol. The number of carbonyl (C=O) groups is 9. The van der Waals surface area contributed by atoms with Gasteiger partial charge < -0.3 is 52.5 Å². The van der Waals surface area contributed by atoms with E-state index in [1.54, 1.807) is 67.6 Å². The number of benzene rings is 2. The number of hydrogen-bond donors (Lipinski definition) is 10. The molecule has 0 bridgehead atoms. The normalized spacial score (nSPS) is 18.6. The second kappa shape index (κ2) is 30.5. The van der Waals surface area contributed by atoms with Crippen LogP contribution in [-0.4, -0.2) is 136 Å². The Bertz CT molecular complexity index is 2230. The van der Waals surface area contributed by atoms with Crippen LogP contribution < -0.4 is 42.5 Å². The highest BCUT2D eigenvalue weighted by molar-refractivity contribution is 7.80. The third-order valence-electron chi connectivity index (χ3n) is 13.6. The molecule has 2 aromatic rings. The molecule has 9 N–H and O–H groups in total. The minimum Gasteiger partial charge on any atom is -0.480 e. The van der Waals surface area contributed by atoms with Crippen molar-refractivity contribution in [1.29, 1.82) is 0 Å². The van der Waals surface area contributed by atoms with Crippen molar-refractivity contribution >= 4 is 65.9 Å². The monoisotopic (exact) mass is 1060 g/mol. The van der Waals surface area contributed by atoms with E-state index in [2.05, 4.69) is 55.2 Å². The molecule has 20 heteroatoms. The number of amides is 8. The summed E-state index contributed by atoms with van der Waals surface area (Å²) < 4.78 is 0. The maximum absolute atomic E-state index is 14.6. The van der Waals surface area contributed by atoms with Gasteiger partial charge in [-0.05, 0) is 86.3 Å². The summed E-state index contributed by atoms with van der Waals surface area (Å²) in [5, 5.41) is 32.5. The molecule has 0 unspecified atom stereocenters. The molecule has 2 aliphatic heterocycles. The van der Waals surface area contributed by atoms with E-state index < -0.39 is 108 Å². The Hall–Kier alpha value is -6.02. The average Bonchev–Trinajstić information content (AvgIpc) is 4.10. The van der Waals surface area contributed by atoms with Crippen molar-refractivity contribution < 1.29 is 48.3 Å². The van der Waals surface area contributed by atoms with Crippen molar-refractivity contribution in [3.05, 3.63) is 71.8 Å². The van der Waals surface area contributed by atoms with Crippen LogP contribution in [0.25, 0.3) is 0 Å². The molecule has 0 aromatic heterocycles. The van der Waals surface area contributed by atoms with Crippen LogP contribution in [0.3, 0.4) is 0 Å². The summed E-state index contributed by atoms with van der Waals surface area (Å²) in [6, 6.07) is 8.31. The summed E-state index contributed by atoms with van der Waals surface area (Å²) in [6.07, 6.45) is 3.49. The summed E-state index contributed by atoms with van der Waals surface area (Å²) in [7, 11) is 0. The van der Waals surface area contributed by atoms with Crippen LogP contribution in [0.5, 0.6) is 0 Å². The predicted molar refractivity (Wildman–Crippen MR) is 289 cm³/mol. The van der Waals surface area contributed by atoms with Gasteiger partial charge in [0.25, 0.3) is 0 Å². The Morgan fingerprint density at radius 3 is 1.53 bits per heavy atom. The third kappa shape index (κ3) is 19.6. The van der Waals surface area contributed by atoms with Crippen LogP contribution in [0.4, 0.5) is 0 Å². The Balaban J connectivity index is 1.56. The molecule has 2 aliphatic rings. The zero-order valence-corrected chi connectivity index (χ0v) is 45.9. The predicted octanol–water partition coefficient (Wildman–Crippen LogP) is 2.81. The highest BCUT2D eigenvalue weighted by Crippen LogP contribution is 2.22. The largest absolute Gasteiger partial charge is 0.480 e. The molecule has 2 fully saturated rings. The fraction of sp³-hybridized carbons (Fsp3) is 0.618. The Kier molecular flexibility index (Phi) is 25.0. The van der Waals surface area contributed by atoms with Gasteiger partial charge >= 0.3 is 5.97 Å². The van der Waals surface area contributed by atoms with E-state index in [4.69, 9.17) is 0 Å². The van der Waals surface area contributed by atoms with Crippen LogP contribution in [0.1, 0.15) is 118 Å². The van der Waals surface area contributed by atoms with E-state index in [0.717, 1.165) is 6.42 Å². The van der Waals surface area contributed by atoms with Gasteiger partial charge in [0.05, 0.1) is 6.04 Å². The summed E-state index contributed by atoms with van der Waals surface area (Å²) in [6.45, 7) is 16.0. The van der Waals surface area contributed by atoms with E-state index in [-0.39, 0.29) is 61.6 Å². The first-order valence-corrected chi connectivity index (χ1v) is 27.3. The summed E-state index contributed by atoms with van der Waals surface area (Å²) in [5.74, 6) is -6.60. The molecule has 8 amide bonds. The first kappa shape index (κ1) is 61.5. The SMILES string of the molecule is CC[C@H](C)[C@H](NC(=O)[C@@H]1CCCN1C(=O)[C@H](CC(C)C)NC(=O)[C@H](CC(C)C)NC(=O)[C@@H]1CCCN1)C(=O)N[C@@H](Cc1ccccc1)C(=O)N[C@@H](Cc1ccccc1)C(=O)N[C@@H](CS)C(=O)N[C@@H](CC(C)C)C(=O)O. The number of carbonyl (C=O) groups excluding carboxylic acids is 8. The van der Waals surface area contributed by atoms with E-state index >= 15 is 0 Å². The molecule has 0 saturated carbocycles. The Morgan fingerprint density at radius 1 is 0.573 bits per heavy atom. The van der Waals surface area contributed by atoms with Crippen molar-refractivity contribution in [3.8, 4) is 0 Å². The number of likely N-dealkylation sites (tertiary alicyclic amines) is 1. The van der Waals surface area contributed by atoms with E-state index in [9.17, 15) is 48.3 Å². The first-order chi connectivity index (χ1) is 35.6. The number of nitrogens with one attached hydrogen (secondary N) is 8. The molecule has 4 rings (SSSR count). The Labute approximate surface area is 448 Å². The molecule has 414 valence electrons. The number of aliphatic carboxylic acids is 1. The van der Waals surface area contributed by atoms with Crippen LogP contribution in [-0.2, 0) is 56.0 Å². The van der Waals surface area contributed by atoms with Crippen molar-refractivity contribution in [2.75, 3.05) is 18.8 Å². The molecule has 2 aromatic carbocycles. The second-order valence-electron chi connectivity index (χ2n) is 21.4. The summed E-state index contributed by atoms with van der Waals surface area (Å²) >= 11 is 4.28. The highest BCUT2D eigenvalue weighted by atomic mass is 32.1. The van der Waals surface area contributed by atoms with Crippen LogP contribution >= 0.6 is 12.6 Å². The lowest BCUT2D eigenvalue weighted by atomic mass is 9.96. The first-order valence-electron chi connectivity index (χ1n) is 26.7. The van der Waals surface area contributed by atoms with Gasteiger partial charge in [0, 0.05) is 25.1 Å². The zero-order chi connectivity index (χ0) is 55.4. The van der Waals surface area contributed by atoms with Gasteiger partial charge in [-0.15, -0.1) is 0 Å². The Morgan fingerprint density at radius 2 is 1.04 bits per heavy atom. The smallest absolute Gasteiger partial charge is 0.326 e. The van der Waals surface area contributed by atoms with Crippen LogP contribution in [0, 0.1) is 23.7 Å². The summed E-state index contributed by atoms with van der Waals surface area (Å²) in [4.78, 5) is 126. The van der Waals surface area contributed by atoms with Crippen LogP contribution in [0.15, 0.2) is 60.7 Å². The minimum atomic E-state index is -1.29. The van der Waals surface area contributed by atoms with Crippen molar-refractivity contribution in [2.45, 2.75) is 174 Å². The maximum Gasteiger partial charge on any atom is 0.326 e. The number of carboxylic acid groups (broad SMARTS) is 1. The fourth-order valence-electron chi connectivity index (χ4n) is 9.39. The fourth-order valence-corrected chi connectivity index (χ4v) is 9.64. The van der Waals surface area contributed by atoms with E-state index in [1.807, 2.05) is 48.5 Å². The molecule has 0 aliphatic carbocycles. The second-order valence-corrected chi connectivity index (χ2v) is 21.7.